The topological polar surface area (TPSA) is 12.0 Å². The fourth-order valence-electron chi connectivity index (χ4n) is 0.387. The van der Waals surface area contributed by atoms with Crippen molar-refractivity contribution in [1.29, 1.82) is 0 Å². The van der Waals surface area contributed by atoms with Crippen LogP contribution in [-0.4, -0.2) is 0 Å². The Kier molecular flexibility index (Phi) is 1.81. The van der Waals surface area contributed by atoms with Crippen molar-refractivity contribution in [1.82, 2.24) is 5.32 Å². The summed E-state index contributed by atoms with van der Waals surface area (Å²) in [7, 11) is 0. The van der Waals surface area contributed by atoms with E-state index in [0.717, 1.165) is 0 Å². The van der Waals surface area contributed by atoms with Crippen molar-refractivity contribution < 1.29 is 0 Å². The molecule has 43 valence electrons. The van der Waals surface area contributed by atoms with E-state index < -0.39 is 0 Å². The van der Waals surface area contributed by atoms with Crippen LogP contribution in [-0.2, 0) is 0 Å². The highest BCUT2D eigenvalue weighted by atomic mass is 35.5. The maximum atomic E-state index is 5.52. The standard InChI is InChI=1S/C5H4Cl2N/c6-4-1-2-5(7)8-3-4/h1-3,8H. The Morgan fingerprint density at radius 2 is 2.00 bits per heavy atom. The predicted molar refractivity (Wildman–Crippen MR) is 35.3 cm³/mol. The van der Waals surface area contributed by atoms with Crippen molar-refractivity contribution in [3.8, 4) is 0 Å². The summed E-state index contributed by atoms with van der Waals surface area (Å²) < 4.78 is 0. The van der Waals surface area contributed by atoms with Gasteiger partial charge in [-0.15, -0.1) is 0 Å². The quantitative estimate of drug-likeness (QED) is 0.519. The molecule has 1 heterocycles. The Balaban J connectivity index is 2.58. The molecule has 0 spiro atoms. The van der Waals surface area contributed by atoms with Crippen molar-refractivity contribution in [3.05, 3.63) is 28.9 Å². The van der Waals surface area contributed by atoms with E-state index in [4.69, 9.17) is 23.2 Å². The van der Waals surface area contributed by atoms with Gasteiger partial charge in [-0.25, -0.2) is 0 Å². The zero-order valence-corrected chi connectivity index (χ0v) is 5.50. The predicted octanol–water partition coefficient (Wildman–Crippen LogP) is 1.95. The van der Waals surface area contributed by atoms with E-state index in [1.807, 2.05) is 0 Å². The van der Waals surface area contributed by atoms with Gasteiger partial charge in [0.05, 0.1) is 5.03 Å². The zero-order chi connectivity index (χ0) is 5.98. The Hall–Kier alpha value is -0.140. The van der Waals surface area contributed by atoms with E-state index in [1.165, 1.54) is 0 Å². The molecule has 0 saturated heterocycles. The third kappa shape index (κ3) is 1.42. The summed E-state index contributed by atoms with van der Waals surface area (Å²) in [4.78, 5) is 0. The van der Waals surface area contributed by atoms with Crippen molar-refractivity contribution in [2.45, 2.75) is 0 Å². The normalized spacial score (nSPS) is 20.0. The van der Waals surface area contributed by atoms with Gasteiger partial charge >= 0.3 is 0 Å². The molecule has 0 amide bonds. The van der Waals surface area contributed by atoms with Crippen LogP contribution in [0.15, 0.2) is 23.4 Å². The highest BCUT2D eigenvalue weighted by Crippen LogP contribution is 2.13. The molecule has 1 N–H and O–H groups in total. The molecule has 1 radical (unpaired) electrons. The van der Waals surface area contributed by atoms with Crippen LogP contribution in [0.2, 0.25) is 0 Å². The zero-order valence-electron chi connectivity index (χ0n) is 3.99. The highest BCUT2D eigenvalue weighted by molar-refractivity contribution is 6.32. The molecule has 1 aliphatic rings. The van der Waals surface area contributed by atoms with E-state index in [0.29, 0.717) is 10.5 Å². The molecule has 0 saturated carbocycles. The molecule has 0 aromatic carbocycles. The van der Waals surface area contributed by atoms with Crippen LogP contribution in [0.25, 0.3) is 0 Å². The number of nitrogens with one attached hydrogen (secondary N) is 1. The third-order valence-electron chi connectivity index (χ3n) is 0.737. The summed E-state index contributed by atoms with van der Waals surface area (Å²) >= 11 is 11.0. The second-order valence-electron chi connectivity index (χ2n) is 1.35. The minimum atomic E-state index is 0.592. The first-order valence-corrected chi connectivity index (χ1v) is 2.87. The third-order valence-corrected chi connectivity index (χ3v) is 1.21. The maximum Gasteiger partial charge on any atom is 0.172 e. The van der Waals surface area contributed by atoms with E-state index in [-0.39, 0.29) is 0 Å². The summed E-state index contributed by atoms with van der Waals surface area (Å²) in [6, 6.07) is 0. The van der Waals surface area contributed by atoms with Gasteiger partial charge in [0.1, 0.15) is 0 Å². The molecule has 8 heavy (non-hydrogen) atoms. The van der Waals surface area contributed by atoms with E-state index in [1.54, 1.807) is 18.4 Å². The van der Waals surface area contributed by atoms with Gasteiger partial charge in [0.25, 0.3) is 0 Å². The Morgan fingerprint density at radius 1 is 1.25 bits per heavy atom. The molecule has 0 aromatic heterocycles. The minimum Gasteiger partial charge on any atom is -0.365 e. The lowest BCUT2D eigenvalue weighted by molar-refractivity contribution is 1.04. The lowest BCUT2D eigenvalue weighted by Crippen LogP contribution is -2.08. The first kappa shape index (κ1) is 5.99. The van der Waals surface area contributed by atoms with Gasteiger partial charge in [-0.1, -0.05) is 23.2 Å². The molecule has 0 bridgehead atoms. The summed E-state index contributed by atoms with van der Waals surface area (Å²) in [5, 5.41) is 3.39. The van der Waals surface area contributed by atoms with Gasteiger partial charge in [-0.05, 0) is 12.2 Å². The molecule has 0 atom stereocenters. The molecule has 0 fully saturated rings. The van der Waals surface area contributed by atoms with Crippen LogP contribution in [0.3, 0.4) is 0 Å². The largest absolute Gasteiger partial charge is 0.365 e. The van der Waals surface area contributed by atoms with Gasteiger partial charge in [0.2, 0.25) is 0 Å². The molecule has 0 aromatic rings. The molecular formula is C5H4Cl2N. The highest BCUT2D eigenvalue weighted by Gasteiger charge is 2.00. The second-order valence-corrected chi connectivity index (χ2v) is 2.20. The summed E-state index contributed by atoms with van der Waals surface area (Å²) in [5.41, 5.74) is 0.592. The molecule has 1 nitrogen and oxygen atoms in total. The molecule has 0 unspecified atom stereocenters. The van der Waals surface area contributed by atoms with Gasteiger partial charge in [-0.3, -0.25) is 0 Å². The molecule has 0 aliphatic carbocycles. The molecular weight excluding hydrogens is 145 g/mol. The Bertz CT molecular complexity index is 139. The van der Waals surface area contributed by atoms with E-state index >= 15 is 0 Å². The fourth-order valence-corrected chi connectivity index (χ4v) is 0.622. The number of allylic oxidation sites excluding steroid dienone is 2. The summed E-state index contributed by atoms with van der Waals surface area (Å²) in [5.74, 6) is 0. The lowest BCUT2D eigenvalue weighted by atomic mass is 10.4. The Labute approximate surface area is 58.0 Å². The van der Waals surface area contributed by atoms with E-state index in [9.17, 15) is 0 Å². The fraction of sp³-hybridized carbons (Fsp3) is 0. The van der Waals surface area contributed by atoms with Crippen LogP contribution in [0.4, 0.5) is 0 Å². The average Bonchev–Trinajstić information content (AvgIpc) is 1.77. The van der Waals surface area contributed by atoms with Crippen LogP contribution >= 0.6 is 23.2 Å². The molecule has 1 rings (SSSR count). The lowest BCUT2D eigenvalue weighted by Gasteiger charge is -2.06. The van der Waals surface area contributed by atoms with E-state index in [2.05, 4.69) is 5.32 Å². The van der Waals surface area contributed by atoms with Crippen LogP contribution < -0.4 is 5.32 Å². The van der Waals surface area contributed by atoms with Gasteiger partial charge in [0.15, 0.2) is 5.50 Å². The Morgan fingerprint density at radius 3 is 2.38 bits per heavy atom. The summed E-state index contributed by atoms with van der Waals surface area (Å²) in [6.07, 6.45) is 5.05. The summed E-state index contributed by atoms with van der Waals surface area (Å²) in [6.45, 7) is 0. The minimum absolute atomic E-state index is 0.592. The molecule has 3 heteroatoms. The van der Waals surface area contributed by atoms with Crippen LogP contribution in [0.1, 0.15) is 0 Å². The first-order valence-electron chi connectivity index (χ1n) is 2.12. The van der Waals surface area contributed by atoms with Crippen molar-refractivity contribution >= 4 is 23.2 Å². The number of hydrogen-bond acceptors (Lipinski definition) is 1. The number of rotatable bonds is 0. The number of halogens is 2. The number of hydrogen-bond donors (Lipinski definition) is 1. The van der Waals surface area contributed by atoms with Crippen LogP contribution in [0.5, 0.6) is 0 Å². The van der Waals surface area contributed by atoms with Crippen molar-refractivity contribution in [2.24, 2.45) is 0 Å². The SMILES string of the molecule is Cl[C]1C=CC(Cl)=CN1. The van der Waals surface area contributed by atoms with Crippen LogP contribution in [0, 0.1) is 5.50 Å². The monoisotopic (exact) mass is 148 g/mol. The van der Waals surface area contributed by atoms with Crippen molar-refractivity contribution in [3.63, 3.8) is 0 Å². The first-order chi connectivity index (χ1) is 3.79. The van der Waals surface area contributed by atoms with Crippen molar-refractivity contribution in [2.75, 3.05) is 0 Å². The van der Waals surface area contributed by atoms with Gasteiger partial charge in [0, 0.05) is 6.20 Å². The average molecular weight is 149 g/mol. The number of dihydropyridines is 1. The van der Waals surface area contributed by atoms with Gasteiger partial charge in [-0.2, -0.15) is 0 Å². The smallest absolute Gasteiger partial charge is 0.172 e. The molecule has 1 aliphatic heterocycles. The van der Waals surface area contributed by atoms with Gasteiger partial charge < -0.3 is 5.32 Å². The maximum absolute atomic E-state index is 5.52. The second kappa shape index (κ2) is 2.42.